The molecule has 3 rings (SSSR count). The minimum Gasteiger partial charge on any atom is -0.383 e. The van der Waals surface area contributed by atoms with Crippen LogP contribution in [0.2, 0.25) is 0 Å². The zero-order chi connectivity index (χ0) is 20.3. The molecule has 28 heavy (non-hydrogen) atoms. The van der Waals surface area contributed by atoms with E-state index < -0.39 is 12.1 Å². The molecular formula is C20H27N3O4S. The Bertz CT molecular complexity index is 755. The van der Waals surface area contributed by atoms with Crippen molar-refractivity contribution in [3.05, 3.63) is 35.4 Å². The summed E-state index contributed by atoms with van der Waals surface area (Å²) in [6.07, 6.45) is 0.530. The fourth-order valence-electron chi connectivity index (χ4n) is 3.61. The topological polar surface area (TPSA) is 87.7 Å². The number of rotatable bonds is 8. The number of carbonyl (C=O) groups is 3. The summed E-state index contributed by atoms with van der Waals surface area (Å²) in [5.74, 6) is 0.148. The van der Waals surface area contributed by atoms with E-state index in [0.29, 0.717) is 30.9 Å². The molecule has 3 amide bonds. The Hall–Kier alpha value is -2.06. The summed E-state index contributed by atoms with van der Waals surface area (Å²) in [5, 5.41) is 5.54. The Balaban J connectivity index is 1.69. The molecule has 0 unspecified atom stereocenters. The van der Waals surface area contributed by atoms with Crippen LogP contribution in [0.4, 0.5) is 0 Å². The molecule has 7 nitrogen and oxygen atoms in total. The van der Waals surface area contributed by atoms with Crippen molar-refractivity contribution in [3.63, 3.8) is 0 Å². The van der Waals surface area contributed by atoms with Crippen LogP contribution >= 0.6 is 11.8 Å². The summed E-state index contributed by atoms with van der Waals surface area (Å²) in [6.45, 7) is 4.81. The molecule has 0 aromatic heterocycles. The molecule has 152 valence electrons. The third-order valence-corrected chi connectivity index (χ3v) is 6.25. The fourth-order valence-corrected chi connectivity index (χ4v) is 5.08. The third kappa shape index (κ3) is 4.17. The highest BCUT2D eigenvalue weighted by Gasteiger charge is 2.48. The van der Waals surface area contributed by atoms with Crippen LogP contribution in [0.15, 0.2) is 24.3 Å². The van der Waals surface area contributed by atoms with E-state index in [4.69, 9.17) is 4.74 Å². The number of amides is 3. The van der Waals surface area contributed by atoms with Gasteiger partial charge in [0.2, 0.25) is 11.8 Å². The molecule has 1 aromatic rings. The van der Waals surface area contributed by atoms with Gasteiger partial charge in [-0.15, -0.1) is 11.8 Å². The highest BCUT2D eigenvalue weighted by molar-refractivity contribution is 7.99. The monoisotopic (exact) mass is 405 g/mol. The lowest BCUT2D eigenvalue weighted by Gasteiger charge is -2.26. The van der Waals surface area contributed by atoms with Crippen LogP contribution in [0.1, 0.15) is 41.6 Å². The molecule has 0 bridgehead atoms. The van der Waals surface area contributed by atoms with Gasteiger partial charge in [0.25, 0.3) is 5.91 Å². The number of thioether (sulfide) groups is 1. The van der Waals surface area contributed by atoms with Crippen molar-refractivity contribution in [2.45, 2.75) is 37.7 Å². The predicted octanol–water partition coefficient (Wildman–Crippen LogP) is 1.55. The van der Waals surface area contributed by atoms with Crippen LogP contribution in [-0.4, -0.2) is 60.7 Å². The summed E-state index contributed by atoms with van der Waals surface area (Å²) in [6, 6.07) is 6.28. The number of fused-ring (bicyclic) bond motifs is 3. The van der Waals surface area contributed by atoms with E-state index in [0.717, 1.165) is 5.56 Å². The van der Waals surface area contributed by atoms with Gasteiger partial charge in [-0.3, -0.25) is 14.4 Å². The lowest BCUT2D eigenvalue weighted by Crippen LogP contribution is -2.54. The van der Waals surface area contributed by atoms with Crippen molar-refractivity contribution in [3.8, 4) is 0 Å². The van der Waals surface area contributed by atoms with Gasteiger partial charge in [0, 0.05) is 25.0 Å². The van der Waals surface area contributed by atoms with E-state index in [9.17, 15) is 14.4 Å². The molecule has 1 saturated heterocycles. The predicted molar refractivity (Wildman–Crippen MR) is 108 cm³/mol. The first-order chi connectivity index (χ1) is 13.4. The maximum Gasteiger partial charge on any atom is 0.256 e. The number of hydrogen-bond acceptors (Lipinski definition) is 5. The quantitative estimate of drug-likeness (QED) is 0.641. The lowest BCUT2D eigenvalue weighted by molar-refractivity contribution is -0.131. The van der Waals surface area contributed by atoms with Gasteiger partial charge in [0.15, 0.2) is 0 Å². The first-order valence-electron chi connectivity index (χ1n) is 9.54. The minimum absolute atomic E-state index is 0.115. The molecule has 3 atom stereocenters. The molecule has 8 heteroatoms. The molecular weight excluding hydrogens is 378 g/mol. The van der Waals surface area contributed by atoms with Gasteiger partial charge in [0.05, 0.1) is 6.61 Å². The van der Waals surface area contributed by atoms with Gasteiger partial charge in [-0.2, -0.15) is 0 Å². The van der Waals surface area contributed by atoms with Crippen molar-refractivity contribution in [1.82, 2.24) is 15.5 Å². The number of carbonyl (C=O) groups excluding carboxylic acids is 3. The van der Waals surface area contributed by atoms with Gasteiger partial charge in [0.1, 0.15) is 17.5 Å². The molecule has 1 aromatic carbocycles. The number of methoxy groups -OCH3 is 1. The molecule has 2 aliphatic heterocycles. The second-order valence-electron chi connectivity index (χ2n) is 7.48. The van der Waals surface area contributed by atoms with Gasteiger partial charge in [-0.05, 0) is 24.0 Å². The molecule has 1 fully saturated rings. The second-order valence-corrected chi connectivity index (χ2v) is 8.59. The van der Waals surface area contributed by atoms with Crippen LogP contribution in [0.5, 0.6) is 0 Å². The maximum atomic E-state index is 13.0. The average molecular weight is 406 g/mol. The second kappa shape index (κ2) is 8.96. The van der Waals surface area contributed by atoms with Gasteiger partial charge in [-0.1, -0.05) is 32.0 Å². The van der Waals surface area contributed by atoms with Gasteiger partial charge in [-0.25, -0.2) is 0 Å². The van der Waals surface area contributed by atoms with Crippen LogP contribution in [-0.2, 0) is 14.3 Å². The number of ether oxygens (including phenoxy) is 1. The highest BCUT2D eigenvalue weighted by Crippen LogP contribution is 2.48. The van der Waals surface area contributed by atoms with E-state index in [-0.39, 0.29) is 29.0 Å². The van der Waals surface area contributed by atoms with Crippen LogP contribution in [0, 0.1) is 5.92 Å². The summed E-state index contributed by atoms with van der Waals surface area (Å²) in [7, 11) is 1.57. The van der Waals surface area contributed by atoms with Crippen molar-refractivity contribution < 1.29 is 19.1 Å². The van der Waals surface area contributed by atoms with Crippen LogP contribution < -0.4 is 10.6 Å². The largest absolute Gasteiger partial charge is 0.383 e. The minimum atomic E-state index is -0.631. The van der Waals surface area contributed by atoms with Crippen molar-refractivity contribution in [2.24, 2.45) is 5.92 Å². The first kappa shape index (κ1) is 20.7. The molecule has 0 saturated carbocycles. The lowest BCUT2D eigenvalue weighted by atomic mass is 10.0. The summed E-state index contributed by atoms with van der Waals surface area (Å²) >= 11 is 1.59. The molecule has 2 aliphatic rings. The molecule has 2 heterocycles. The van der Waals surface area contributed by atoms with E-state index in [2.05, 4.69) is 10.6 Å². The first-order valence-corrected chi connectivity index (χ1v) is 10.6. The Morgan fingerprint density at radius 3 is 2.79 bits per heavy atom. The molecule has 0 spiro atoms. The number of benzene rings is 1. The normalized spacial score (nSPS) is 21.4. The third-order valence-electron chi connectivity index (χ3n) is 4.94. The van der Waals surface area contributed by atoms with Crippen LogP contribution in [0.3, 0.4) is 0 Å². The summed E-state index contributed by atoms with van der Waals surface area (Å²) < 4.78 is 4.96. The molecule has 2 N–H and O–H groups in total. The average Bonchev–Trinajstić information content (AvgIpc) is 3.21. The van der Waals surface area contributed by atoms with Crippen molar-refractivity contribution in [1.29, 1.82) is 0 Å². The Morgan fingerprint density at radius 2 is 2.07 bits per heavy atom. The Kier molecular flexibility index (Phi) is 6.61. The number of hydrogen-bond donors (Lipinski definition) is 2. The van der Waals surface area contributed by atoms with Crippen LogP contribution in [0.25, 0.3) is 0 Å². The van der Waals surface area contributed by atoms with Gasteiger partial charge >= 0.3 is 0 Å². The smallest absolute Gasteiger partial charge is 0.256 e. The Morgan fingerprint density at radius 1 is 1.32 bits per heavy atom. The van der Waals surface area contributed by atoms with Gasteiger partial charge < -0.3 is 20.3 Å². The zero-order valence-corrected chi connectivity index (χ0v) is 17.3. The van der Waals surface area contributed by atoms with Crippen molar-refractivity contribution in [2.75, 3.05) is 26.0 Å². The van der Waals surface area contributed by atoms with E-state index in [1.165, 1.54) is 0 Å². The van der Waals surface area contributed by atoms with E-state index >= 15 is 0 Å². The number of nitrogens with one attached hydrogen (secondary N) is 2. The summed E-state index contributed by atoms with van der Waals surface area (Å²) in [4.78, 5) is 40.0. The highest BCUT2D eigenvalue weighted by atomic mass is 32.2. The summed E-state index contributed by atoms with van der Waals surface area (Å²) in [5.41, 5.74) is 1.62. The SMILES string of the molecule is COCCNC(=O)[C@H](CC(C)C)NC(=O)[C@@H]1CS[C@@H]2c3ccccc3C(=O)N21. The van der Waals surface area contributed by atoms with Crippen molar-refractivity contribution >= 4 is 29.5 Å². The Labute approximate surface area is 169 Å². The molecule has 0 radical (unpaired) electrons. The van der Waals surface area contributed by atoms with E-state index in [1.54, 1.807) is 29.8 Å². The zero-order valence-electron chi connectivity index (χ0n) is 16.4. The number of nitrogens with zero attached hydrogens (tertiary/aromatic N) is 1. The standard InChI is InChI=1S/C20H27N3O4S/c1-12(2)10-15(17(24)21-8-9-27-3)22-18(25)16-11-28-20-14-7-5-4-6-13(14)19(26)23(16)20/h4-7,12,15-16,20H,8-11H2,1-3H3,(H,21,24)(H,22,25)/t15-,16-,20+/m0/s1. The van der Waals surface area contributed by atoms with E-state index in [1.807, 2.05) is 32.0 Å². The fraction of sp³-hybridized carbons (Fsp3) is 0.550. The maximum absolute atomic E-state index is 13.0. The molecule has 0 aliphatic carbocycles.